The van der Waals surface area contributed by atoms with Crippen LogP contribution < -0.4 is 0 Å². The van der Waals surface area contributed by atoms with Gasteiger partial charge in [-0.05, 0) is 17.7 Å². The van der Waals surface area contributed by atoms with Gasteiger partial charge in [0.05, 0.1) is 16.7 Å². The lowest BCUT2D eigenvalue weighted by Crippen LogP contribution is -1.87. The Morgan fingerprint density at radius 1 is 1.20 bits per heavy atom. The Morgan fingerprint density at radius 2 is 1.87 bits per heavy atom. The van der Waals surface area contributed by atoms with E-state index in [2.05, 4.69) is 4.98 Å². The second kappa shape index (κ2) is 3.74. The normalized spacial score (nSPS) is 10.2. The van der Waals surface area contributed by atoms with Gasteiger partial charge in [0.15, 0.2) is 0 Å². The number of H-pyrrole nitrogens is 1. The molecule has 76 valence electrons. The van der Waals surface area contributed by atoms with Crippen LogP contribution in [-0.4, -0.2) is 9.91 Å². The van der Waals surface area contributed by atoms with E-state index in [4.69, 9.17) is 11.6 Å². The molecule has 4 nitrogen and oxygen atoms in total. The van der Waals surface area contributed by atoms with Gasteiger partial charge in [0.2, 0.25) is 0 Å². The summed E-state index contributed by atoms with van der Waals surface area (Å²) in [6.07, 6.45) is 2.96. The maximum absolute atomic E-state index is 10.7. The molecule has 0 aliphatic carbocycles. The SMILES string of the molecule is O=[N+]([O-])c1c[nH]cc1-c1ccc(Cl)cc1. The predicted molar refractivity (Wildman–Crippen MR) is 57.9 cm³/mol. The highest BCUT2D eigenvalue weighted by molar-refractivity contribution is 6.30. The Balaban J connectivity index is 2.49. The zero-order valence-electron chi connectivity index (χ0n) is 7.61. The van der Waals surface area contributed by atoms with E-state index >= 15 is 0 Å². The van der Waals surface area contributed by atoms with Gasteiger partial charge in [0.1, 0.15) is 0 Å². The Morgan fingerprint density at radius 3 is 2.47 bits per heavy atom. The predicted octanol–water partition coefficient (Wildman–Crippen LogP) is 3.24. The van der Waals surface area contributed by atoms with E-state index in [1.54, 1.807) is 30.5 Å². The number of hydrogen-bond donors (Lipinski definition) is 1. The van der Waals surface area contributed by atoms with Crippen LogP contribution in [0.4, 0.5) is 5.69 Å². The Labute approximate surface area is 90.7 Å². The van der Waals surface area contributed by atoms with Gasteiger partial charge in [-0.1, -0.05) is 23.7 Å². The average molecular weight is 223 g/mol. The third kappa shape index (κ3) is 1.85. The molecule has 0 unspecified atom stereocenters. The molecule has 2 aromatic rings. The molecule has 0 saturated carbocycles. The Kier molecular flexibility index (Phi) is 2.43. The number of nitrogens with one attached hydrogen (secondary N) is 1. The van der Waals surface area contributed by atoms with Crippen LogP contribution in [0.1, 0.15) is 0 Å². The van der Waals surface area contributed by atoms with E-state index < -0.39 is 4.92 Å². The maximum atomic E-state index is 10.7. The Hall–Kier alpha value is -1.81. The highest BCUT2D eigenvalue weighted by atomic mass is 35.5. The van der Waals surface area contributed by atoms with Gasteiger partial charge < -0.3 is 4.98 Å². The molecule has 0 radical (unpaired) electrons. The highest BCUT2D eigenvalue weighted by Crippen LogP contribution is 2.29. The fourth-order valence-corrected chi connectivity index (χ4v) is 1.49. The molecular weight excluding hydrogens is 216 g/mol. The molecule has 0 atom stereocenters. The van der Waals surface area contributed by atoms with Gasteiger partial charge in [-0.25, -0.2) is 0 Å². The first-order chi connectivity index (χ1) is 7.18. The minimum absolute atomic E-state index is 0.0670. The summed E-state index contributed by atoms with van der Waals surface area (Å²) in [6.45, 7) is 0. The molecule has 5 heteroatoms. The third-order valence-corrected chi connectivity index (χ3v) is 2.33. The summed E-state index contributed by atoms with van der Waals surface area (Å²) >= 11 is 5.73. The van der Waals surface area contributed by atoms with Gasteiger partial charge in [0, 0.05) is 11.2 Å². The largest absolute Gasteiger partial charge is 0.361 e. The monoisotopic (exact) mass is 222 g/mol. The van der Waals surface area contributed by atoms with Crippen molar-refractivity contribution in [2.75, 3.05) is 0 Å². The molecule has 0 bridgehead atoms. The lowest BCUT2D eigenvalue weighted by atomic mass is 10.1. The molecule has 0 aliphatic heterocycles. The summed E-state index contributed by atoms with van der Waals surface area (Å²) in [5, 5.41) is 11.3. The molecule has 0 fully saturated rings. The van der Waals surface area contributed by atoms with E-state index in [0.29, 0.717) is 10.6 Å². The molecular formula is C10H7ClN2O2. The van der Waals surface area contributed by atoms with Crippen LogP contribution >= 0.6 is 11.6 Å². The summed E-state index contributed by atoms with van der Waals surface area (Å²) in [5.74, 6) is 0. The molecule has 1 N–H and O–H groups in total. The van der Waals surface area contributed by atoms with Crippen molar-refractivity contribution in [3.63, 3.8) is 0 Å². The topological polar surface area (TPSA) is 58.9 Å². The van der Waals surface area contributed by atoms with Crippen molar-refractivity contribution in [2.24, 2.45) is 0 Å². The summed E-state index contributed by atoms with van der Waals surface area (Å²) in [4.78, 5) is 13.0. The van der Waals surface area contributed by atoms with Crippen molar-refractivity contribution < 1.29 is 4.92 Å². The minimum Gasteiger partial charge on any atom is -0.361 e. The molecule has 1 aromatic heterocycles. The number of nitrogens with zero attached hydrogens (tertiary/aromatic N) is 1. The lowest BCUT2D eigenvalue weighted by Gasteiger charge is -1.97. The second-order valence-electron chi connectivity index (χ2n) is 3.02. The van der Waals surface area contributed by atoms with Gasteiger partial charge in [-0.2, -0.15) is 0 Å². The van der Waals surface area contributed by atoms with Gasteiger partial charge in [-0.3, -0.25) is 10.1 Å². The van der Waals surface area contributed by atoms with Crippen molar-refractivity contribution in [3.05, 3.63) is 51.8 Å². The molecule has 2 rings (SSSR count). The first-order valence-corrected chi connectivity index (χ1v) is 4.63. The smallest absolute Gasteiger partial charge is 0.294 e. The standard InChI is InChI=1S/C10H7ClN2O2/c11-8-3-1-7(2-4-8)9-5-12-6-10(9)13(14)15/h1-6,12H. The second-order valence-corrected chi connectivity index (χ2v) is 3.45. The fourth-order valence-electron chi connectivity index (χ4n) is 1.37. The molecule has 1 aromatic carbocycles. The van der Waals surface area contributed by atoms with Gasteiger partial charge in [0.25, 0.3) is 5.69 Å². The van der Waals surface area contributed by atoms with E-state index in [-0.39, 0.29) is 5.69 Å². The van der Waals surface area contributed by atoms with Crippen LogP contribution in [0, 0.1) is 10.1 Å². The van der Waals surface area contributed by atoms with E-state index in [0.717, 1.165) is 5.56 Å². The first-order valence-electron chi connectivity index (χ1n) is 4.25. The van der Waals surface area contributed by atoms with Crippen LogP contribution in [0.15, 0.2) is 36.7 Å². The maximum Gasteiger partial charge on any atom is 0.294 e. The van der Waals surface area contributed by atoms with Crippen molar-refractivity contribution in [2.45, 2.75) is 0 Å². The van der Waals surface area contributed by atoms with Crippen molar-refractivity contribution in [1.29, 1.82) is 0 Å². The average Bonchev–Trinajstić information content (AvgIpc) is 2.67. The third-order valence-electron chi connectivity index (χ3n) is 2.08. The van der Waals surface area contributed by atoms with Crippen LogP contribution in [0.25, 0.3) is 11.1 Å². The molecule has 0 saturated heterocycles. The first kappa shape index (κ1) is 9.73. The number of halogens is 1. The highest BCUT2D eigenvalue weighted by Gasteiger charge is 2.15. The Bertz CT molecular complexity index is 490. The van der Waals surface area contributed by atoms with E-state index in [9.17, 15) is 10.1 Å². The summed E-state index contributed by atoms with van der Waals surface area (Å²) in [7, 11) is 0. The fraction of sp³-hybridized carbons (Fsp3) is 0. The minimum atomic E-state index is -0.416. The number of benzene rings is 1. The number of hydrogen-bond acceptors (Lipinski definition) is 2. The quantitative estimate of drug-likeness (QED) is 0.626. The number of aromatic amines is 1. The summed E-state index contributed by atoms with van der Waals surface area (Å²) in [6, 6.07) is 6.90. The number of aromatic nitrogens is 1. The van der Waals surface area contributed by atoms with Crippen LogP contribution in [-0.2, 0) is 0 Å². The lowest BCUT2D eigenvalue weighted by molar-refractivity contribution is -0.384. The zero-order valence-corrected chi connectivity index (χ0v) is 8.36. The van der Waals surface area contributed by atoms with E-state index in [1.807, 2.05) is 0 Å². The van der Waals surface area contributed by atoms with Gasteiger partial charge >= 0.3 is 0 Å². The molecule has 15 heavy (non-hydrogen) atoms. The van der Waals surface area contributed by atoms with Crippen molar-refractivity contribution in [3.8, 4) is 11.1 Å². The van der Waals surface area contributed by atoms with Crippen molar-refractivity contribution in [1.82, 2.24) is 4.98 Å². The zero-order chi connectivity index (χ0) is 10.8. The van der Waals surface area contributed by atoms with Crippen LogP contribution in [0.2, 0.25) is 5.02 Å². The van der Waals surface area contributed by atoms with Gasteiger partial charge in [-0.15, -0.1) is 0 Å². The van der Waals surface area contributed by atoms with Crippen LogP contribution in [0.5, 0.6) is 0 Å². The summed E-state index contributed by atoms with van der Waals surface area (Å²) in [5.41, 5.74) is 1.40. The molecule has 1 heterocycles. The summed E-state index contributed by atoms with van der Waals surface area (Å²) < 4.78 is 0. The molecule has 0 spiro atoms. The number of nitro groups is 1. The van der Waals surface area contributed by atoms with E-state index in [1.165, 1.54) is 6.20 Å². The van der Waals surface area contributed by atoms with Crippen molar-refractivity contribution >= 4 is 17.3 Å². The van der Waals surface area contributed by atoms with Crippen LogP contribution in [0.3, 0.4) is 0 Å². The number of rotatable bonds is 2. The molecule has 0 aliphatic rings. The molecule has 0 amide bonds.